The third-order valence-corrected chi connectivity index (χ3v) is 8.01. The van der Waals surface area contributed by atoms with Gasteiger partial charge in [0.15, 0.2) is 0 Å². The first-order chi connectivity index (χ1) is 19.3. The van der Waals surface area contributed by atoms with Crippen LogP contribution < -0.4 is 0 Å². The van der Waals surface area contributed by atoms with Crippen molar-refractivity contribution in [2.75, 3.05) is 13.1 Å². The maximum Gasteiger partial charge on any atom is 0.105 e. The molecule has 0 saturated carbocycles. The maximum absolute atomic E-state index is 2.43. The highest BCUT2D eigenvalue weighted by molar-refractivity contribution is 5.15. The van der Waals surface area contributed by atoms with E-state index in [1.165, 1.54) is 131 Å². The minimum atomic E-state index is 1.14. The standard InChI is InChI=1S/C38H60N/c1-3-5-7-9-11-13-15-17-19-27-33-39(35-37-29-23-21-24-30-37,36-38-31-25-22-26-32-38)34-28-20-18-16-14-12-10-8-6-4-2/h11-14,21-26,29-32H,3-10,15-20,27-28,33-36H2,1-2H3/q+1/b13-11+,14-12+. The molecule has 2 aromatic carbocycles. The Balaban J connectivity index is 1.94. The topological polar surface area (TPSA) is 0 Å². The third-order valence-electron chi connectivity index (χ3n) is 8.01. The summed E-state index contributed by atoms with van der Waals surface area (Å²) >= 11 is 0. The van der Waals surface area contributed by atoms with E-state index in [1.54, 1.807) is 0 Å². The lowest BCUT2D eigenvalue weighted by Gasteiger charge is -2.39. The van der Waals surface area contributed by atoms with E-state index in [1.807, 2.05) is 0 Å². The minimum Gasteiger partial charge on any atom is -0.316 e. The Labute approximate surface area is 243 Å². The van der Waals surface area contributed by atoms with Crippen LogP contribution >= 0.6 is 0 Å². The molecule has 0 spiro atoms. The van der Waals surface area contributed by atoms with Crippen molar-refractivity contribution in [2.24, 2.45) is 0 Å². The zero-order chi connectivity index (χ0) is 27.7. The number of unbranched alkanes of at least 4 members (excludes halogenated alkanes) is 12. The average molecular weight is 531 g/mol. The van der Waals surface area contributed by atoms with Gasteiger partial charge in [0, 0.05) is 11.1 Å². The van der Waals surface area contributed by atoms with Gasteiger partial charge in [-0.1, -0.05) is 124 Å². The summed E-state index contributed by atoms with van der Waals surface area (Å²) in [5, 5.41) is 0. The second-order valence-corrected chi connectivity index (χ2v) is 11.7. The third kappa shape index (κ3) is 16.6. The molecule has 216 valence electrons. The van der Waals surface area contributed by atoms with Gasteiger partial charge in [0.25, 0.3) is 0 Å². The normalized spacial score (nSPS) is 12.2. The Bertz CT molecular complexity index is 777. The molecule has 1 heteroatoms. The molecule has 0 amide bonds. The number of nitrogens with zero attached hydrogens (tertiary/aromatic N) is 1. The van der Waals surface area contributed by atoms with Gasteiger partial charge in [0.2, 0.25) is 0 Å². The van der Waals surface area contributed by atoms with E-state index < -0.39 is 0 Å². The highest BCUT2D eigenvalue weighted by Crippen LogP contribution is 2.24. The van der Waals surface area contributed by atoms with Gasteiger partial charge in [-0.15, -0.1) is 0 Å². The Morgan fingerprint density at radius 3 is 1.15 bits per heavy atom. The molecule has 0 atom stereocenters. The summed E-state index contributed by atoms with van der Waals surface area (Å²) in [7, 11) is 0. The monoisotopic (exact) mass is 530 g/mol. The first-order valence-electron chi connectivity index (χ1n) is 16.5. The van der Waals surface area contributed by atoms with Gasteiger partial charge in [0.05, 0.1) is 13.1 Å². The van der Waals surface area contributed by atoms with E-state index in [0.29, 0.717) is 0 Å². The molecule has 39 heavy (non-hydrogen) atoms. The van der Waals surface area contributed by atoms with E-state index in [0.717, 1.165) is 13.1 Å². The lowest BCUT2D eigenvalue weighted by Crippen LogP contribution is -2.48. The average Bonchev–Trinajstić information content (AvgIpc) is 2.96. The van der Waals surface area contributed by atoms with Crippen molar-refractivity contribution in [1.29, 1.82) is 0 Å². The summed E-state index contributed by atoms with van der Waals surface area (Å²) < 4.78 is 1.19. The Kier molecular flexibility index (Phi) is 19.2. The summed E-state index contributed by atoms with van der Waals surface area (Å²) in [5.41, 5.74) is 2.97. The zero-order valence-electron chi connectivity index (χ0n) is 25.7. The molecule has 0 N–H and O–H groups in total. The fourth-order valence-corrected chi connectivity index (χ4v) is 5.69. The van der Waals surface area contributed by atoms with E-state index in [9.17, 15) is 0 Å². The lowest BCUT2D eigenvalue weighted by molar-refractivity contribution is -0.954. The van der Waals surface area contributed by atoms with E-state index >= 15 is 0 Å². The number of rotatable bonds is 24. The van der Waals surface area contributed by atoms with Crippen LogP contribution in [0.15, 0.2) is 85.0 Å². The number of hydrogen-bond acceptors (Lipinski definition) is 0. The summed E-state index contributed by atoms with van der Waals surface area (Å²) in [5.74, 6) is 0. The van der Waals surface area contributed by atoms with Gasteiger partial charge in [-0.05, 0) is 77.0 Å². The highest BCUT2D eigenvalue weighted by Gasteiger charge is 2.27. The Hall–Kier alpha value is -2.12. The van der Waals surface area contributed by atoms with Crippen molar-refractivity contribution < 1.29 is 4.48 Å². The Morgan fingerprint density at radius 2 is 0.795 bits per heavy atom. The van der Waals surface area contributed by atoms with Crippen LogP contribution in [0.3, 0.4) is 0 Å². The van der Waals surface area contributed by atoms with Gasteiger partial charge in [-0.2, -0.15) is 0 Å². The fraction of sp³-hybridized carbons (Fsp3) is 0.579. The molecule has 0 aliphatic heterocycles. The highest BCUT2D eigenvalue weighted by atomic mass is 15.3. The van der Waals surface area contributed by atoms with Crippen LogP contribution in [0.1, 0.15) is 128 Å². The molecule has 2 rings (SSSR count). The Morgan fingerprint density at radius 1 is 0.436 bits per heavy atom. The van der Waals surface area contributed by atoms with E-state index in [2.05, 4.69) is 98.8 Å². The minimum absolute atomic E-state index is 1.14. The van der Waals surface area contributed by atoms with Crippen molar-refractivity contribution in [3.8, 4) is 0 Å². The SMILES string of the molecule is CCCCC/C=C/CCCCC[N+](CCCCC/C=C/CCCCC)(Cc1ccccc1)Cc1ccccc1. The number of benzene rings is 2. The first kappa shape index (κ1) is 33.1. The molecule has 1 nitrogen and oxygen atoms in total. The zero-order valence-corrected chi connectivity index (χ0v) is 25.7. The molecule has 0 unspecified atom stereocenters. The second kappa shape index (κ2) is 22.7. The molecular weight excluding hydrogens is 470 g/mol. The van der Waals surface area contributed by atoms with Crippen molar-refractivity contribution in [3.63, 3.8) is 0 Å². The smallest absolute Gasteiger partial charge is 0.105 e. The number of quaternary nitrogens is 1. The molecule has 0 aliphatic carbocycles. The molecule has 0 fully saturated rings. The quantitative estimate of drug-likeness (QED) is 0.0719. The van der Waals surface area contributed by atoms with Crippen molar-refractivity contribution >= 4 is 0 Å². The summed E-state index contributed by atoms with van der Waals surface area (Å²) in [6.07, 6.45) is 30.7. The second-order valence-electron chi connectivity index (χ2n) is 11.7. The van der Waals surface area contributed by atoms with Crippen LogP contribution in [0.2, 0.25) is 0 Å². The van der Waals surface area contributed by atoms with Crippen molar-refractivity contribution in [3.05, 3.63) is 96.1 Å². The van der Waals surface area contributed by atoms with Gasteiger partial charge in [-0.3, -0.25) is 0 Å². The van der Waals surface area contributed by atoms with Gasteiger partial charge < -0.3 is 4.48 Å². The largest absolute Gasteiger partial charge is 0.316 e. The van der Waals surface area contributed by atoms with E-state index in [4.69, 9.17) is 0 Å². The number of allylic oxidation sites excluding steroid dienone is 4. The van der Waals surface area contributed by atoms with Crippen LogP contribution in [0.25, 0.3) is 0 Å². The summed E-state index contributed by atoms with van der Waals surface area (Å²) in [6, 6.07) is 22.5. The van der Waals surface area contributed by atoms with Gasteiger partial charge in [-0.25, -0.2) is 0 Å². The van der Waals surface area contributed by atoms with Crippen molar-refractivity contribution in [1.82, 2.24) is 0 Å². The van der Waals surface area contributed by atoms with Crippen LogP contribution in [0.4, 0.5) is 0 Å². The van der Waals surface area contributed by atoms with Gasteiger partial charge >= 0.3 is 0 Å². The lowest BCUT2D eigenvalue weighted by atomic mass is 10.1. The summed E-state index contributed by atoms with van der Waals surface area (Å²) in [4.78, 5) is 0. The predicted octanol–water partition coefficient (Wildman–Crippen LogP) is 11.6. The van der Waals surface area contributed by atoms with Crippen LogP contribution in [0.5, 0.6) is 0 Å². The van der Waals surface area contributed by atoms with Crippen LogP contribution in [-0.2, 0) is 13.1 Å². The van der Waals surface area contributed by atoms with Crippen LogP contribution in [0, 0.1) is 0 Å². The van der Waals surface area contributed by atoms with E-state index in [-0.39, 0.29) is 0 Å². The molecular formula is C38H60N+. The molecule has 0 aliphatic rings. The summed E-state index contributed by atoms with van der Waals surface area (Å²) in [6.45, 7) is 9.41. The molecule has 2 aromatic rings. The first-order valence-corrected chi connectivity index (χ1v) is 16.5. The molecule has 0 bridgehead atoms. The molecule has 0 radical (unpaired) electrons. The molecule has 0 saturated heterocycles. The maximum atomic E-state index is 2.43. The number of hydrogen-bond donors (Lipinski definition) is 0. The molecule has 0 aromatic heterocycles. The van der Waals surface area contributed by atoms with Crippen LogP contribution in [-0.4, -0.2) is 17.6 Å². The molecule has 0 heterocycles. The van der Waals surface area contributed by atoms with Crippen molar-refractivity contribution in [2.45, 2.75) is 130 Å². The predicted molar refractivity (Wildman–Crippen MR) is 174 cm³/mol. The van der Waals surface area contributed by atoms with Gasteiger partial charge in [0.1, 0.15) is 13.1 Å². The fourth-order valence-electron chi connectivity index (χ4n) is 5.69.